The lowest BCUT2D eigenvalue weighted by molar-refractivity contribution is 0.0922. The Hall–Kier alpha value is -4.72. The van der Waals surface area contributed by atoms with Crippen LogP contribution in [0.25, 0.3) is 22.6 Å². The number of aromatic nitrogens is 4. The van der Waals surface area contributed by atoms with E-state index >= 15 is 0 Å². The van der Waals surface area contributed by atoms with Crippen molar-refractivity contribution >= 4 is 11.4 Å². The van der Waals surface area contributed by atoms with Gasteiger partial charge in [0.15, 0.2) is 23.8 Å². The van der Waals surface area contributed by atoms with Crippen molar-refractivity contribution < 1.29 is 14.3 Å². The number of benzene rings is 2. The zero-order chi connectivity index (χ0) is 26.1. The summed E-state index contributed by atoms with van der Waals surface area (Å²) in [5.74, 6) is 0.815. The molecule has 0 radical (unpaired) electrons. The quantitative estimate of drug-likeness (QED) is 0.304. The van der Waals surface area contributed by atoms with Crippen molar-refractivity contribution in [2.45, 2.75) is 20.8 Å². The number of methoxy groups -OCH3 is 1. The Labute approximate surface area is 213 Å². The molecular formula is C29H26N4O4. The lowest BCUT2D eigenvalue weighted by atomic mass is 10.1. The molecule has 0 aliphatic carbocycles. The molecule has 5 rings (SSSR count). The maximum Gasteiger partial charge on any atom is 0.267 e. The van der Waals surface area contributed by atoms with E-state index in [0.717, 1.165) is 16.9 Å². The molecular weight excluding hydrogens is 468 g/mol. The normalized spacial score (nSPS) is 11.0. The highest BCUT2D eigenvalue weighted by Gasteiger charge is 2.19. The topological polar surface area (TPSA) is 87.7 Å². The van der Waals surface area contributed by atoms with Crippen LogP contribution < -0.4 is 15.0 Å². The predicted molar refractivity (Wildman–Crippen MR) is 141 cm³/mol. The first-order chi connectivity index (χ1) is 17.9. The Morgan fingerprint density at radius 3 is 2.46 bits per heavy atom. The number of aryl methyl sites for hydroxylation is 3. The van der Waals surface area contributed by atoms with Gasteiger partial charge in [0.1, 0.15) is 11.4 Å². The van der Waals surface area contributed by atoms with Crippen LogP contribution in [0.4, 0.5) is 0 Å². The van der Waals surface area contributed by atoms with E-state index in [1.165, 1.54) is 4.40 Å². The van der Waals surface area contributed by atoms with Crippen LogP contribution in [0.15, 0.2) is 77.7 Å². The summed E-state index contributed by atoms with van der Waals surface area (Å²) >= 11 is 0. The average Bonchev–Trinajstić information content (AvgIpc) is 3.28. The van der Waals surface area contributed by atoms with Crippen LogP contribution in [0.3, 0.4) is 0 Å². The van der Waals surface area contributed by atoms with Crippen molar-refractivity contribution in [3.8, 4) is 28.4 Å². The van der Waals surface area contributed by atoms with Gasteiger partial charge < -0.3 is 9.47 Å². The largest absolute Gasteiger partial charge is 0.497 e. The number of ketones is 1. The highest BCUT2D eigenvalue weighted by atomic mass is 16.5. The first-order valence-electron chi connectivity index (χ1n) is 11.8. The van der Waals surface area contributed by atoms with Crippen molar-refractivity contribution in [2.75, 3.05) is 13.7 Å². The van der Waals surface area contributed by atoms with E-state index < -0.39 is 0 Å². The fraction of sp³-hybridized carbons (Fsp3) is 0.172. The smallest absolute Gasteiger partial charge is 0.267 e. The molecule has 8 heteroatoms. The number of hydrogen-bond donors (Lipinski definition) is 0. The molecule has 0 N–H and O–H groups in total. The summed E-state index contributed by atoms with van der Waals surface area (Å²) < 4.78 is 14.2. The molecule has 0 aliphatic rings. The summed E-state index contributed by atoms with van der Waals surface area (Å²) in [7, 11) is 1.57. The minimum absolute atomic E-state index is 0.192. The molecule has 37 heavy (non-hydrogen) atoms. The van der Waals surface area contributed by atoms with Crippen molar-refractivity contribution in [2.24, 2.45) is 0 Å². The predicted octanol–water partition coefficient (Wildman–Crippen LogP) is 4.74. The fourth-order valence-corrected chi connectivity index (χ4v) is 4.30. The van der Waals surface area contributed by atoms with Crippen LogP contribution in [0, 0.1) is 20.8 Å². The number of Topliss-reactive ketones (excluding diaryl/α,β-unsaturated/α-hetero) is 1. The van der Waals surface area contributed by atoms with Gasteiger partial charge >= 0.3 is 0 Å². The maximum absolute atomic E-state index is 13.6. The van der Waals surface area contributed by atoms with Crippen molar-refractivity contribution in [1.82, 2.24) is 19.2 Å². The number of carbonyl (C=O) groups is 1. The second-order valence-electron chi connectivity index (χ2n) is 8.75. The zero-order valence-electron chi connectivity index (χ0n) is 21.1. The van der Waals surface area contributed by atoms with Gasteiger partial charge in [0.25, 0.3) is 5.56 Å². The SMILES string of the molecule is COc1ccc(C(=O)COc2cccn3c(=O)c(-c4cc(C)n(-c5ccccc5C)n4)c(C)nc23)cc1. The summed E-state index contributed by atoms with van der Waals surface area (Å²) in [5, 5.41) is 4.75. The fourth-order valence-electron chi connectivity index (χ4n) is 4.30. The minimum atomic E-state index is -0.260. The molecule has 8 nitrogen and oxygen atoms in total. The average molecular weight is 495 g/mol. The molecule has 0 bridgehead atoms. The summed E-state index contributed by atoms with van der Waals surface area (Å²) in [6, 6.07) is 20.0. The van der Waals surface area contributed by atoms with Crippen LogP contribution >= 0.6 is 0 Å². The molecule has 0 spiro atoms. The number of para-hydroxylation sites is 1. The molecule has 0 saturated carbocycles. The second-order valence-corrected chi connectivity index (χ2v) is 8.75. The Kier molecular flexibility index (Phi) is 6.31. The number of ether oxygens (including phenoxy) is 2. The molecule has 0 saturated heterocycles. The van der Waals surface area contributed by atoms with Crippen LogP contribution in [-0.4, -0.2) is 38.7 Å². The highest BCUT2D eigenvalue weighted by Crippen LogP contribution is 2.25. The molecule has 3 aromatic heterocycles. The number of carbonyl (C=O) groups excluding carboxylic acids is 1. The Bertz CT molecular complexity index is 1680. The van der Waals surface area contributed by atoms with Gasteiger partial charge in [0, 0.05) is 17.5 Å². The maximum atomic E-state index is 13.6. The molecule has 2 aromatic carbocycles. The Morgan fingerprint density at radius 2 is 1.73 bits per heavy atom. The van der Waals surface area contributed by atoms with Crippen LogP contribution in [0.5, 0.6) is 11.5 Å². The van der Waals surface area contributed by atoms with E-state index in [1.54, 1.807) is 56.6 Å². The third-order valence-corrected chi connectivity index (χ3v) is 6.26. The third kappa shape index (κ3) is 4.49. The lowest BCUT2D eigenvalue weighted by Crippen LogP contribution is -2.20. The van der Waals surface area contributed by atoms with Gasteiger partial charge in [-0.1, -0.05) is 18.2 Å². The number of rotatable bonds is 7. The van der Waals surface area contributed by atoms with Crippen molar-refractivity contribution in [3.63, 3.8) is 0 Å². The molecule has 3 heterocycles. The monoisotopic (exact) mass is 494 g/mol. The standard InChI is InChI=1S/C29H26N4O4/c1-18-8-5-6-9-24(18)33-19(2)16-23(31-33)27-20(3)30-28-26(10-7-15-32(28)29(27)35)37-17-25(34)21-11-13-22(36-4)14-12-21/h5-16H,17H2,1-4H3. The summed E-state index contributed by atoms with van der Waals surface area (Å²) in [6.45, 7) is 5.56. The Morgan fingerprint density at radius 1 is 0.973 bits per heavy atom. The van der Waals surface area contributed by atoms with Crippen LogP contribution in [0.2, 0.25) is 0 Å². The van der Waals surface area contributed by atoms with E-state index in [1.807, 2.05) is 48.9 Å². The van der Waals surface area contributed by atoms with E-state index in [0.29, 0.717) is 39.7 Å². The number of fused-ring (bicyclic) bond motifs is 1. The zero-order valence-corrected chi connectivity index (χ0v) is 21.1. The molecule has 0 fully saturated rings. The van der Waals surface area contributed by atoms with E-state index in [2.05, 4.69) is 4.98 Å². The van der Waals surface area contributed by atoms with Gasteiger partial charge in [-0.05, 0) is 74.9 Å². The minimum Gasteiger partial charge on any atom is -0.497 e. The van der Waals surface area contributed by atoms with Gasteiger partial charge in [-0.2, -0.15) is 5.10 Å². The molecule has 0 unspecified atom stereocenters. The second kappa shape index (κ2) is 9.73. The van der Waals surface area contributed by atoms with Gasteiger partial charge in [0.05, 0.1) is 24.1 Å². The molecule has 0 amide bonds. The number of hydrogen-bond acceptors (Lipinski definition) is 6. The Balaban J connectivity index is 1.48. The number of pyridine rings is 1. The molecule has 5 aromatic rings. The van der Waals surface area contributed by atoms with Gasteiger partial charge in [0.2, 0.25) is 0 Å². The summed E-state index contributed by atoms with van der Waals surface area (Å²) in [4.78, 5) is 30.9. The molecule has 0 aliphatic heterocycles. The highest BCUT2D eigenvalue weighted by molar-refractivity contribution is 5.97. The van der Waals surface area contributed by atoms with Crippen molar-refractivity contribution in [1.29, 1.82) is 0 Å². The van der Waals surface area contributed by atoms with Crippen LogP contribution in [-0.2, 0) is 0 Å². The first kappa shape index (κ1) is 24.0. The van der Waals surface area contributed by atoms with Crippen molar-refractivity contribution in [3.05, 3.63) is 106 Å². The van der Waals surface area contributed by atoms with Gasteiger partial charge in [-0.3, -0.25) is 14.0 Å². The third-order valence-electron chi connectivity index (χ3n) is 6.26. The van der Waals surface area contributed by atoms with Gasteiger partial charge in [-0.15, -0.1) is 0 Å². The lowest BCUT2D eigenvalue weighted by Gasteiger charge is -2.11. The van der Waals surface area contributed by atoms with Gasteiger partial charge in [-0.25, -0.2) is 9.67 Å². The van der Waals surface area contributed by atoms with Crippen LogP contribution in [0.1, 0.15) is 27.3 Å². The summed E-state index contributed by atoms with van der Waals surface area (Å²) in [5.41, 5.74) is 5.01. The molecule has 0 atom stereocenters. The molecule has 186 valence electrons. The van der Waals surface area contributed by atoms with E-state index in [-0.39, 0.29) is 17.9 Å². The summed E-state index contributed by atoms with van der Waals surface area (Å²) in [6.07, 6.45) is 1.64. The van der Waals surface area contributed by atoms with E-state index in [4.69, 9.17) is 14.6 Å². The number of nitrogens with zero attached hydrogens (tertiary/aromatic N) is 4. The van der Waals surface area contributed by atoms with E-state index in [9.17, 15) is 9.59 Å². The first-order valence-corrected chi connectivity index (χ1v) is 11.8.